The minimum absolute atomic E-state index is 0.0490. The number of fused-ring (bicyclic) bond motifs is 1. The normalized spacial score (nSPS) is 24.9. The zero-order valence-electron chi connectivity index (χ0n) is 26.3. The number of ether oxygens (including phenoxy) is 1. The number of likely N-dealkylation sites (tertiary alicyclic amines) is 1. The van der Waals surface area contributed by atoms with Crippen LogP contribution >= 0.6 is 23.2 Å². The van der Waals surface area contributed by atoms with Crippen molar-refractivity contribution in [3.63, 3.8) is 0 Å². The van der Waals surface area contributed by atoms with Crippen molar-refractivity contribution >= 4 is 58.6 Å². The van der Waals surface area contributed by atoms with Gasteiger partial charge in [-0.3, -0.25) is 24.0 Å². The van der Waals surface area contributed by atoms with Gasteiger partial charge in [0.2, 0.25) is 17.6 Å². The van der Waals surface area contributed by atoms with E-state index in [0.717, 1.165) is 19.3 Å². The molecule has 6 atom stereocenters. The number of carbonyl (C=O) groups is 6. The lowest BCUT2D eigenvalue weighted by molar-refractivity contribution is -0.144. The van der Waals surface area contributed by atoms with Crippen molar-refractivity contribution in [3.05, 3.63) is 0 Å². The van der Waals surface area contributed by atoms with Crippen molar-refractivity contribution < 1.29 is 33.5 Å². The number of hydrogen-bond donors (Lipinski definition) is 3. The molecule has 4 amide bonds. The van der Waals surface area contributed by atoms with Crippen molar-refractivity contribution in [1.82, 2.24) is 20.9 Å². The largest absolute Gasteiger partial charge is 0.464 e. The number of urea groups is 1. The van der Waals surface area contributed by atoms with Crippen molar-refractivity contribution in [2.24, 2.45) is 28.6 Å². The monoisotopic (exact) mass is 644 g/mol. The fourth-order valence-electron chi connectivity index (χ4n) is 5.78. The van der Waals surface area contributed by atoms with E-state index in [1.807, 2.05) is 20.8 Å². The molecule has 13 heteroatoms. The van der Waals surface area contributed by atoms with Crippen LogP contribution in [0.3, 0.4) is 0 Å². The molecule has 1 saturated heterocycles. The van der Waals surface area contributed by atoms with Crippen molar-refractivity contribution in [2.75, 3.05) is 13.2 Å². The molecule has 3 aliphatic rings. The Morgan fingerprint density at radius 2 is 1.53 bits per heavy atom. The summed E-state index contributed by atoms with van der Waals surface area (Å²) in [4.78, 5) is 78.5. The average Bonchev–Trinajstić information content (AvgIpc) is 3.17. The molecule has 2 aliphatic carbocycles. The van der Waals surface area contributed by atoms with Crippen LogP contribution in [-0.2, 0) is 28.7 Å². The SMILES string of the molecule is CC(=O)OCC(NC(=O)N[C@H](C(=O)N1C[C@H]2[C@@H]([C@H]1C(=O)NC(CC1CCC1)C(=O)C(C)=O)C2(Cl)Cl)C(C)(C)C)C(C)(C)C. The van der Waals surface area contributed by atoms with Crippen LogP contribution in [0.4, 0.5) is 4.79 Å². The number of rotatable bonds is 11. The number of hydrogen-bond acceptors (Lipinski definition) is 7. The minimum Gasteiger partial charge on any atom is -0.464 e. The maximum Gasteiger partial charge on any atom is 0.315 e. The summed E-state index contributed by atoms with van der Waals surface area (Å²) in [6.07, 6.45) is 3.21. The highest BCUT2D eigenvalue weighted by atomic mass is 35.5. The molecule has 0 aromatic rings. The number of esters is 1. The fourth-order valence-corrected chi connectivity index (χ4v) is 6.61. The van der Waals surface area contributed by atoms with E-state index in [2.05, 4.69) is 16.0 Å². The Morgan fingerprint density at radius 3 is 2.00 bits per heavy atom. The molecule has 11 nitrogen and oxygen atoms in total. The van der Waals surface area contributed by atoms with Gasteiger partial charge in [-0.1, -0.05) is 60.8 Å². The van der Waals surface area contributed by atoms with Crippen LogP contribution in [0.5, 0.6) is 0 Å². The molecule has 0 spiro atoms. The van der Waals surface area contributed by atoms with Crippen LogP contribution in [0, 0.1) is 28.6 Å². The van der Waals surface area contributed by atoms with Gasteiger partial charge in [0.1, 0.15) is 23.0 Å². The molecule has 1 heterocycles. The van der Waals surface area contributed by atoms with Crippen molar-refractivity contribution in [3.8, 4) is 0 Å². The summed E-state index contributed by atoms with van der Waals surface area (Å²) in [5.74, 6) is -3.62. The van der Waals surface area contributed by atoms with E-state index in [9.17, 15) is 28.8 Å². The van der Waals surface area contributed by atoms with Gasteiger partial charge in [-0.2, -0.15) is 0 Å². The standard InChI is InChI=1S/C30H46Cl2N4O7/c1-15(37)23(39)19(12-17-10-9-11-17)33-25(40)22-21-18(30(21,31)32)13-36(22)26(41)24(29(6,7)8)35-27(42)34-20(28(3,4)5)14-43-16(2)38/h17-22,24H,9-14H2,1-8H3,(H,33,40)(H2,34,35,42)/t18-,19?,20?,21-,22-,24+/m0/s1. The number of alkyl halides is 2. The third-order valence-corrected chi connectivity index (χ3v) is 9.91. The van der Waals surface area contributed by atoms with Crippen LogP contribution in [0.2, 0.25) is 0 Å². The second-order valence-corrected chi connectivity index (χ2v) is 15.8. The molecule has 2 unspecified atom stereocenters. The van der Waals surface area contributed by atoms with Crippen LogP contribution in [0.25, 0.3) is 0 Å². The van der Waals surface area contributed by atoms with Gasteiger partial charge in [0, 0.05) is 32.2 Å². The highest BCUT2D eigenvalue weighted by Gasteiger charge is 2.74. The van der Waals surface area contributed by atoms with E-state index < -0.39 is 80.6 Å². The summed E-state index contributed by atoms with van der Waals surface area (Å²) in [5, 5.41) is 8.33. The van der Waals surface area contributed by atoms with Crippen LogP contribution in [0.1, 0.15) is 81.1 Å². The maximum atomic E-state index is 14.1. The molecule has 3 fully saturated rings. The van der Waals surface area contributed by atoms with E-state index in [1.165, 1.54) is 18.7 Å². The lowest BCUT2D eigenvalue weighted by atomic mass is 9.80. The molecule has 1 aliphatic heterocycles. The lowest BCUT2D eigenvalue weighted by Crippen LogP contribution is -2.62. The summed E-state index contributed by atoms with van der Waals surface area (Å²) < 4.78 is 3.92. The van der Waals surface area contributed by atoms with Gasteiger partial charge >= 0.3 is 12.0 Å². The zero-order valence-corrected chi connectivity index (χ0v) is 27.9. The number of Topliss-reactive ketones (excluding diaryl/α,β-unsaturated/α-hetero) is 2. The number of halogens is 2. The molecule has 0 bridgehead atoms. The van der Waals surface area contributed by atoms with Gasteiger partial charge in [0.15, 0.2) is 5.78 Å². The Balaban J connectivity index is 1.81. The van der Waals surface area contributed by atoms with Crippen LogP contribution < -0.4 is 16.0 Å². The lowest BCUT2D eigenvalue weighted by Gasteiger charge is -2.38. The summed E-state index contributed by atoms with van der Waals surface area (Å²) in [6, 6.07) is -4.33. The quantitative estimate of drug-likeness (QED) is 0.178. The summed E-state index contributed by atoms with van der Waals surface area (Å²) in [5.41, 5.74) is -1.24. The number of ketones is 2. The Bertz CT molecular complexity index is 1140. The Labute approximate surface area is 263 Å². The molecule has 43 heavy (non-hydrogen) atoms. The first-order valence-corrected chi connectivity index (χ1v) is 15.7. The summed E-state index contributed by atoms with van der Waals surface area (Å²) >= 11 is 13.0. The number of amides is 4. The zero-order chi connectivity index (χ0) is 32.7. The van der Waals surface area contributed by atoms with E-state index in [1.54, 1.807) is 20.8 Å². The Hall–Kier alpha value is -2.40. The van der Waals surface area contributed by atoms with Crippen LogP contribution in [0.15, 0.2) is 0 Å². The molecule has 0 radical (unpaired) electrons. The van der Waals surface area contributed by atoms with E-state index in [-0.39, 0.29) is 25.0 Å². The molecule has 2 saturated carbocycles. The van der Waals surface area contributed by atoms with Gasteiger partial charge in [-0.25, -0.2) is 4.79 Å². The maximum absolute atomic E-state index is 14.1. The minimum atomic E-state index is -1.22. The Morgan fingerprint density at radius 1 is 0.930 bits per heavy atom. The second kappa shape index (κ2) is 12.9. The third-order valence-electron chi connectivity index (χ3n) is 8.85. The predicted molar refractivity (Wildman–Crippen MR) is 161 cm³/mol. The number of carbonyl (C=O) groups excluding carboxylic acids is 6. The summed E-state index contributed by atoms with van der Waals surface area (Å²) in [7, 11) is 0. The van der Waals surface area contributed by atoms with Crippen molar-refractivity contribution in [1.29, 1.82) is 0 Å². The molecular weight excluding hydrogens is 599 g/mol. The predicted octanol–water partition coefficient (Wildman–Crippen LogP) is 3.14. The highest BCUT2D eigenvalue weighted by molar-refractivity contribution is 6.51. The van der Waals surface area contributed by atoms with Gasteiger partial charge in [0.05, 0.1) is 12.1 Å². The third kappa shape index (κ3) is 8.21. The topological polar surface area (TPSA) is 151 Å². The first kappa shape index (κ1) is 35.1. The van der Waals surface area contributed by atoms with E-state index >= 15 is 0 Å². The van der Waals surface area contributed by atoms with E-state index in [4.69, 9.17) is 27.9 Å². The second-order valence-electron chi connectivity index (χ2n) is 14.4. The molecule has 0 aromatic carbocycles. The molecular formula is C30H46Cl2N4O7. The van der Waals surface area contributed by atoms with Gasteiger partial charge in [-0.15, -0.1) is 23.2 Å². The molecule has 242 valence electrons. The van der Waals surface area contributed by atoms with Gasteiger partial charge in [0.25, 0.3) is 0 Å². The molecule has 3 N–H and O–H groups in total. The molecule has 0 aromatic heterocycles. The first-order chi connectivity index (χ1) is 19.7. The van der Waals surface area contributed by atoms with Crippen LogP contribution in [-0.4, -0.2) is 81.9 Å². The van der Waals surface area contributed by atoms with Gasteiger partial charge < -0.3 is 25.6 Å². The van der Waals surface area contributed by atoms with E-state index in [0.29, 0.717) is 6.42 Å². The highest BCUT2D eigenvalue weighted by Crippen LogP contribution is 2.65. The average molecular weight is 646 g/mol. The molecule has 3 rings (SSSR count). The summed E-state index contributed by atoms with van der Waals surface area (Å²) in [6.45, 7) is 13.5. The fraction of sp³-hybridized carbons (Fsp3) is 0.800. The van der Waals surface area contributed by atoms with Crippen molar-refractivity contribution in [2.45, 2.75) is 110 Å². The Kier molecular flexibility index (Phi) is 10.5. The smallest absolute Gasteiger partial charge is 0.315 e. The first-order valence-electron chi connectivity index (χ1n) is 14.9. The number of nitrogens with one attached hydrogen (secondary N) is 3. The number of piperidine rings is 1. The number of nitrogens with zero attached hydrogens (tertiary/aromatic N) is 1. The van der Waals surface area contributed by atoms with Gasteiger partial charge in [-0.05, 0) is 23.2 Å².